The topological polar surface area (TPSA) is 207 Å². The first-order chi connectivity index (χ1) is 35.4. The zero-order valence-corrected chi connectivity index (χ0v) is 49.2. The van der Waals surface area contributed by atoms with Gasteiger partial charge in [-0.3, -0.25) is 0 Å². The smallest absolute Gasteiger partial charge is 0.550 e. The zero-order chi connectivity index (χ0) is 54.7. The predicted octanol–water partition coefficient (Wildman–Crippen LogP) is 15.6. The molecule has 0 aliphatic carbocycles. The Kier molecular flexibility index (Phi) is 67.4. The van der Waals surface area contributed by atoms with E-state index in [1.807, 2.05) is 0 Å². The normalized spacial score (nSPS) is 10.5. The van der Waals surface area contributed by atoms with Gasteiger partial charge in [-0.1, -0.05) is 290 Å². The van der Waals surface area contributed by atoms with E-state index in [4.69, 9.17) is 15.3 Å². The van der Waals surface area contributed by atoms with Gasteiger partial charge >= 0.3 is 23.0 Å². The minimum atomic E-state index is -0.903. The number of ether oxygens (including phenoxy) is 1. The number of carbonyl (C=O) groups is 4. The molecule has 0 saturated carbocycles. The molecule has 0 amide bonds. The molecule has 0 spiro atoms. The number of carbonyl (C=O) groups excluding carboxylic acids is 4. The molecule has 0 aliphatic heterocycles. The third-order valence-electron chi connectivity index (χ3n) is 13.4. The Bertz CT molecular complexity index is 1230. The van der Waals surface area contributed by atoms with Crippen molar-refractivity contribution < 1.29 is 71.6 Å². The summed E-state index contributed by atoms with van der Waals surface area (Å²) in [6.45, 7) is 6.80. The molecular formula is C62H113FeO11. The molecule has 0 aromatic heterocycles. The summed E-state index contributed by atoms with van der Waals surface area (Å²) < 4.78 is 4.34. The maximum absolute atomic E-state index is 10.9. The molecule has 0 bridgehead atoms. The molecule has 1 aromatic carbocycles. The van der Waals surface area contributed by atoms with Gasteiger partial charge in [0.05, 0.1) is 12.7 Å². The fourth-order valence-electron chi connectivity index (χ4n) is 8.76. The van der Waals surface area contributed by atoms with Crippen molar-refractivity contribution in [3.8, 4) is 17.2 Å². The molecule has 1 rings (SSSR count). The van der Waals surface area contributed by atoms with Crippen molar-refractivity contribution in [3.63, 3.8) is 0 Å². The SMILES string of the molecule is CCCCCCCCCCCCCCCCCC(=O)[O-].CCCCCCCCCCCCCCCCCC(=O)[O-].CCCCCCCCCCCCCCCCCC(=O)[O-].COC(=O)c1cc(O)c(O)c(O)c1.[Fe+3]. The Morgan fingerprint density at radius 3 is 0.649 bits per heavy atom. The third kappa shape index (κ3) is 65.1. The van der Waals surface area contributed by atoms with E-state index in [0.29, 0.717) is 0 Å². The van der Waals surface area contributed by atoms with Crippen molar-refractivity contribution in [2.75, 3.05) is 7.11 Å². The largest absolute Gasteiger partial charge is 3.00 e. The van der Waals surface area contributed by atoms with Crippen molar-refractivity contribution in [3.05, 3.63) is 17.7 Å². The second-order valence-electron chi connectivity index (χ2n) is 20.6. The predicted molar refractivity (Wildman–Crippen MR) is 296 cm³/mol. The number of carboxylic acids is 3. The molecule has 0 atom stereocenters. The summed E-state index contributed by atoms with van der Waals surface area (Å²) in [4.78, 5) is 41.6. The number of hydrogen-bond acceptors (Lipinski definition) is 11. The molecule has 0 aliphatic rings. The average molecular weight is 1090 g/mol. The molecule has 0 fully saturated rings. The number of esters is 1. The standard InChI is InChI=1S/3C18H36O2.C8H8O5.Fe/c3*1-2-3-4-5-6-7-8-9-10-11-12-13-14-15-16-17-18(19)20;1-13-8(12)4-2-5(9)7(11)6(10)3-4;/h3*2-17H2,1H3,(H,19,20);2-3,9-11H,1H3;/q;;;;+3/p-3. The number of phenolic OH excluding ortho intramolecular Hbond substituents is 3. The minimum absolute atomic E-state index is 0. The maximum Gasteiger partial charge on any atom is 3.00 e. The van der Waals surface area contributed by atoms with Crippen LogP contribution in [-0.4, -0.2) is 46.3 Å². The van der Waals surface area contributed by atoms with E-state index < -0.39 is 41.1 Å². The van der Waals surface area contributed by atoms with Crippen LogP contribution in [0.15, 0.2) is 12.1 Å². The molecular weight excluding hydrogens is 977 g/mol. The van der Waals surface area contributed by atoms with Gasteiger partial charge in [-0.25, -0.2) is 4.79 Å². The van der Waals surface area contributed by atoms with Crippen LogP contribution in [0.3, 0.4) is 0 Å². The van der Waals surface area contributed by atoms with Gasteiger partial charge in [0, 0.05) is 17.9 Å². The molecule has 1 radical (unpaired) electrons. The number of unbranched alkanes of at least 4 members (excludes halogenated alkanes) is 42. The van der Waals surface area contributed by atoms with Gasteiger partial charge in [0.1, 0.15) is 0 Å². The quantitative estimate of drug-likeness (QED) is 0.0242. The van der Waals surface area contributed by atoms with Gasteiger partial charge in [-0.15, -0.1) is 0 Å². The van der Waals surface area contributed by atoms with Crippen molar-refractivity contribution in [2.45, 2.75) is 329 Å². The van der Waals surface area contributed by atoms with Crippen LogP contribution in [0.5, 0.6) is 17.2 Å². The van der Waals surface area contributed by atoms with Crippen molar-refractivity contribution in [2.24, 2.45) is 0 Å². The molecule has 435 valence electrons. The second kappa shape index (κ2) is 64.3. The molecule has 0 unspecified atom stereocenters. The molecule has 11 nitrogen and oxygen atoms in total. The maximum atomic E-state index is 10.9. The second-order valence-corrected chi connectivity index (χ2v) is 20.6. The number of aliphatic carboxylic acids is 3. The van der Waals surface area contributed by atoms with Crippen LogP contribution in [0.2, 0.25) is 0 Å². The van der Waals surface area contributed by atoms with Crippen LogP contribution in [0.4, 0.5) is 0 Å². The Morgan fingerprint density at radius 1 is 0.338 bits per heavy atom. The number of hydrogen-bond donors (Lipinski definition) is 3. The van der Waals surface area contributed by atoms with Crippen LogP contribution >= 0.6 is 0 Å². The number of rotatable bonds is 49. The van der Waals surface area contributed by atoms with E-state index in [-0.39, 0.29) is 41.9 Å². The van der Waals surface area contributed by atoms with E-state index in [1.54, 1.807) is 0 Å². The molecule has 1 aromatic rings. The van der Waals surface area contributed by atoms with Crippen LogP contribution in [0, 0.1) is 0 Å². The summed E-state index contributed by atoms with van der Waals surface area (Å²) >= 11 is 0. The Labute approximate surface area is 464 Å². The van der Waals surface area contributed by atoms with Gasteiger partial charge in [0.15, 0.2) is 17.2 Å². The molecule has 12 heteroatoms. The van der Waals surface area contributed by atoms with Crippen LogP contribution in [0.1, 0.15) is 339 Å². The summed E-state index contributed by atoms with van der Waals surface area (Å²) in [5.41, 5.74) is -0.0321. The zero-order valence-electron chi connectivity index (χ0n) is 48.1. The number of phenols is 3. The first-order valence-corrected chi connectivity index (χ1v) is 30.3. The summed E-state index contributed by atoms with van der Waals surface area (Å²) in [6, 6.07) is 2.00. The first-order valence-electron chi connectivity index (χ1n) is 30.3. The fraction of sp³-hybridized carbons (Fsp3) is 0.839. The van der Waals surface area contributed by atoms with Crippen molar-refractivity contribution in [1.29, 1.82) is 0 Å². The number of methoxy groups -OCH3 is 1. The Hall–Kier alpha value is -2.98. The van der Waals surface area contributed by atoms with Crippen molar-refractivity contribution >= 4 is 23.9 Å². The van der Waals surface area contributed by atoms with Gasteiger partial charge in [0.25, 0.3) is 0 Å². The monoisotopic (exact) mass is 1090 g/mol. The summed E-state index contributed by atoms with van der Waals surface area (Å²) in [6.07, 6.45) is 59.6. The summed E-state index contributed by atoms with van der Waals surface area (Å²) in [7, 11) is 1.17. The van der Waals surface area contributed by atoms with Gasteiger partial charge in [-0.05, 0) is 50.7 Å². The molecule has 0 heterocycles. The van der Waals surface area contributed by atoms with Gasteiger partial charge in [-0.2, -0.15) is 0 Å². The number of aromatic hydroxyl groups is 3. The van der Waals surface area contributed by atoms with Gasteiger partial charge in [0.2, 0.25) is 0 Å². The van der Waals surface area contributed by atoms with E-state index in [1.165, 1.54) is 258 Å². The average Bonchev–Trinajstić information content (AvgIpc) is 3.36. The molecule has 74 heavy (non-hydrogen) atoms. The van der Waals surface area contributed by atoms with E-state index in [2.05, 4.69) is 25.5 Å². The Balaban J connectivity index is -0.000000444. The van der Waals surface area contributed by atoms with E-state index >= 15 is 0 Å². The van der Waals surface area contributed by atoms with Crippen LogP contribution < -0.4 is 15.3 Å². The van der Waals surface area contributed by atoms with Crippen LogP contribution in [-0.2, 0) is 36.2 Å². The third-order valence-corrected chi connectivity index (χ3v) is 13.4. The first kappa shape index (κ1) is 77.5. The number of benzene rings is 1. The molecule has 0 saturated heterocycles. The fourth-order valence-corrected chi connectivity index (χ4v) is 8.76. The van der Waals surface area contributed by atoms with E-state index in [9.17, 15) is 34.5 Å². The summed E-state index contributed by atoms with van der Waals surface area (Å²) in [5, 5.41) is 57.6. The van der Waals surface area contributed by atoms with Crippen LogP contribution in [0.25, 0.3) is 0 Å². The van der Waals surface area contributed by atoms with E-state index in [0.717, 1.165) is 50.7 Å². The Morgan fingerprint density at radius 2 is 0.500 bits per heavy atom. The number of carboxylic acid groups (broad SMARTS) is 3. The summed E-state index contributed by atoms with van der Waals surface area (Å²) in [5.74, 6) is -5.21. The molecule has 3 N–H and O–H groups in total. The van der Waals surface area contributed by atoms with Crippen molar-refractivity contribution in [1.82, 2.24) is 0 Å². The van der Waals surface area contributed by atoms with Gasteiger partial charge < -0.3 is 49.8 Å². The minimum Gasteiger partial charge on any atom is -0.550 e.